The van der Waals surface area contributed by atoms with E-state index in [0.29, 0.717) is 6.61 Å². The van der Waals surface area contributed by atoms with Crippen LogP contribution in [0.25, 0.3) is 0 Å². The van der Waals surface area contributed by atoms with Gasteiger partial charge in [-0.15, -0.1) is 0 Å². The van der Waals surface area contributed by atoms with Crippen molar-refractivity contribution < 1.29 is 4.74 Å². The summed E-state index contributed by atoms with van der Waals surface area (Å²) in [6.45, 7) is 5.60. The van der Waals surface area contributed by atoms with Crippen molar-refractivity contribution in [2.45, 2.75) is 26.4 Å². The van der Waals surface area contributed by atoms with Crippen LogP contribution in [0.4, 0.5) is 0 Å². The number of thiocarbonyl (C=S) groups is 1. The summed E-state index contributed by atoms with van der Waals surface area (Å²) in [6, 6.07) is 8.73. The lowest BCUT2D eigenvalue weighted by Gasteiger charge is -2.24. The smallest absolute Gasteiger partial charge is 0.169 e. The minimum atomic E-state index is 0.225. The maximum Gasteiger partial charge on any atom is 0.169 e. The van der Waals surface area contributed by atoms with Gasteiger partial charge in [-0.3, -0.25) is 0 Å². The van der Waals surface area contributed by atoms with Crippen molar-refractivity contribution in [3.63, 3.8) is 0 Å². The minimum Gasteiger partial charge on any atom is -0.383 e. The van der Waals surface area contributed by atoms with Gasteiger partial charge in [0.15, 0.2) is 5.11 Å². The summed E-state index contributed by atoms with van der Waals surface area (Å²) in [7, 11) is 3.69. The van der Waals surface area contributed by atoms with Gasteiger partial charge in [0.2, 0.25) is 0 Å². The molecule has 3 nitrogen and oxygen atoms in total. The van der Waals surface area contributed by atoms with Crippen molar-refractivity contribution in [1.82, 2.24) is 10.2 Å². The second kappa shape index (κ2) is 7.34. The van der Waals surface area contributed by atoms with Gasteiger partial charge < -0.3 is 15.0 Å². The zero-order chi connectivity index (χ0) is 13.5. The lowest BCUT2D eigenvalue weighted by molar-refractivity contribution is 0.178. The predicted octanol–water partition coefficient (Wildman–Crippen LogP) is 2.34. The average Bonchev–Trinajstić information content (AvgIpc) is 2.32. The maximum absolute atomic E-state index is 5.35. The third-order valence-electron chi connectivity index (χ3n) is 2.67. The fourth-order valence-corrected chi connectivity index (χ4v) is 1.92. The number of hydrogen-bond donors (Lipinski definition) is 1. The molecule has 1 rings (SSSR count). The van der Waals surface area contributed by atoms with Gasteiger partial charge in [-0.25, -0.2) is 0 Å². The molecule has 100 valence electrons. The van der Waals surface area contributed by atoms with Crippen LogP contribution in [0.1, 0.15) is 18.1 Å². The van der Waals surface area contributed by atoms with Crippen molar-refractivity contribution in [3.8, 4) is 0 Å². The second-order valence-corrected chi connectivity index (χ2v) is 5.03. The highest BCUT2D eigenvalue weighted by molar-refractivity contribution is 7.80. The van der Waals surface area contributed by atoms with Gasteiger partial charge in [0, 0.05) is 26.7 Å². The molecule has 0 radical (unpaired) electrons. The van der Waals surface area contributed by atoms with Crippen LogP contribution in [-0.2, 0) is 11.3 Å². The third kappa shape index (κ3) is 5.02. The molecule has 0 aromatic heterocycles. The zero-order valence-corrected chi connectivity index (χ0v) is 12.4. The van der Waals surface area contributed by atoms with Crippen molar-refractivity contribution in [3.05, 3.63) is 35.4 Å². The van der Waals surface area contributed by atoms with Gasteiger partial charge in [-0.05, 0) is 31.6 Å². The van der Waals surface area contributed by atoms with E-state index in [1.54, 1.807) is 7.11 Å². The number of nitrogens with one attached hydrogen (secondary N) is 1. The molecule has 1 aromatic rings. The first-order chi connectivity index (χ1) is 8.52. The fourth-order valence-electron chi connectivity index (χ4n) is 1.65. The highest BCUT2D eigenvalue weighted by Gasteiger charge is 2.08. The van der Waals surface area contributed by atoms with Gasteiger partial charge in [0.05, 0.1) is 6.61 Å². The van der Waals surface area contributed by atoms with Gasteiger partial charge in [-0.2, -0.15) is 0 Å². The first-order valence-electron chi connectivity index (χ1n) is 6.09. The monoisotopic (exact) mass is 266 g/mol. The third-order valence-corrected chi connectivity index (χ3v) is 3.10. The van der Waals surface area contributed by atoms with Gasteiger partial charge in [0.25, 0.3) is 0 Å². The van der Waals surface area contributed by atoms with Crippen LogP contribution in [-0.4, -0.2) is 36.8 Å². The summed E-state index contributed by atoms with van der Waals surface area (Å²) in [5.74, 6) is 0. The fraction of sp³-hybridized carbons (Fsp3) is 0.500. The first kappa shape index (κ1) is 14.9. The van der Waals surface area contributed by atoms with Crippen LogP contribution in [0.3, 0.4) is 0 Å². The molecule has 0 aliphatic rings. The van der Waals surface area contributed by atoms with E-state index in [0.717, 1.165) is 11.7 Å². The minimum absolute atomic E-state index is 0.225. The van der Waals surface area contributed by atoms with Gasteiger partial charge in [-0.1, -0.05) is 29.8 Å². The van der Waals surface area contributed by atoms with Crippen molar-refractivity contribution >= 4 is 17.3 Å². The Morgan fingerprint density at radius 1 is 1.39 bits per heavy atom. The topological polar surface area (TPSA) is 24.5 Å². The Hall–Kier alpha value is -1.13. The van der Waals surface area contributed by atoms with Crippen molar-refractivity contribution in [1.29, 1.82) is 0 Å². The van der Waals surface area contributed by atoms with Crippen LogP contribution in [0.2, 0.25) is 0 Å². The van der Waals surface area contributed by atoms with Crippen molar-refractivity contribution in [2.24, 2.45) is 0 Å². The Morgan fingerprint density at radius 3 is 2.56 bits per heavy atom. The molecule has 1 N–H and O–H groups in total. The van der Waals surface area contributed by atoms with Crippen LogP contribution in [0.15, 0.2) is 24.3 Å². The highest BCUT2D eigenvalue weighted by atomic mass is 32.1. The second-order valence-electron chi connectivity index (χ2n) is 4.65. The number of ether oxygens (including phenoxy) is 1. The maximum atomic E-state index is 5.35. The Bertz CT molecular complexity index is 378. The molecule has 0 saturated carbocycles. The van der Waals surface area contributed by atoms with E-state index in [2.05, 4.69) is 43.4 Å². The Balaban J connectivity index is 2.46. The van der Waals surface area contributed by atoms with E-state index in [-0.39, 0.29) is 6.04 Å². The first-order valence-corrected chi connectivity index (χ1v) is 6.50. The predicted molar refractivity (Wildman–Crippen MR) is 79.7 cm³/mol. The molecule has 18 heavy (non-hydrogen) atoms. The summed E-state index contributed by atoms with van der Waals surface area (Å²) in [4.78, 5) is 2.03. The Labute approximate surface area is 115 Å². The van der Waals surface area contributed by atoms with E-state index in [9.17, 15) is 0 Å². The molecule has 1 unspecified atom stereocenters. The van der Waals surface area contributed by atoms with Crippen LogP contribution < -0.4 is 5.32 Å². The summed E-state index contributed by atoms with van der Waals surface area (Å²) < 4.78 is 5.08. The Morgan fingerprint density at radius 2 is 2.00 bits per heavy atom. The molecule has 0 saturated heterocycles. The van der Waals surface area contributed by atoms with E-state index in [1.165, 1.54) is 11.1 Å². The summed E-state index contributed by atoms with van der Waals surface area (Å²) in [6.07, 6.45) is 0. The van der Waals surface area contributed by atoms with E-state index >= 15 is 0 Å². The van der Waals surface area contributed by atoms with Crippen LogP contribution in [0.5, 0.6) is 0 Å². The molecule has 0 amide bonds. The number of rotatable bonds is 5. The lowest BCUT2D eigenvalue weighted by Crippen LogP contribution is -2.43. The molecule has 4 heteroatoms. The molecule has 0 aliphatic heterocycles. The Kier molecular flexibility index (Phi) is 6.09. The average molecular weight is 266 g/mol. The molecule has 0 aliphatic carbocycles. The summed E-state index contributed by atoms with van der Waals surface area (Å²) in [5.41, 5.74) is 2.53. The normalized spacial score (nSPS) is 12.0. The standard InChI is InChI=1S/C14H22N2OS/c1-11-5-7-13(8-6-11)9-16(3)14(18)15-12(2)10-17-4/h5-8,12H,9-10H2,1-4H3,(H,15,18). The van der Waals surface area contributed by atoms with Crippen LogP contribution >= 0.6 is 12.2 Å². The molecule has 0 spiro atoms. The summed E-state index contributed by atoms with van der Waals surface area (Å²) in [5, 5.41) is 3.99. The van der Waals surface area contributed by atoms with Gasteiger partial charge in [0.1, 0.15) is 0 Å². The number of aryl methyl sites for hydroxylation is 1. The zero-order valence-electron chi connectivity index (χ0n) is 11.6. The molecular formula is C14H22N2OS. The largest absolute Gasteiger partial charge is 0.383 e. The SMILES string of the molecule is COCC(C)NC(=S)N(C)Cc1ccc(C)cc1. The molecule has 0 heterocycles. The van der Waals surface area contributed by atoms with E-state index < -0.39 is 0 Å². The quantitative estimate of drug-likeness (QED) is 0.827. The number of benzene rings is 1. The highest BCUT2D eigenvalue weighted by Crippen LogP contribution is 2.06. The molecular weight excluding hydrogens is 244 g/mol. The lowest BCUT2D eigenvalue weighted by atomic mass is 10.1. The molecule has 1 aromatic carbocycles. The van der Waals surface area contributed by atoms with E-state index in [4.69, 9.17) is 17.0 Å². The van der Waals surface area contributed by atoms with Crippen molar-refractivity contribution in [2.75, 3.05) is 20.8 Å². The molecule has 1 atom stereocenters. The number of hydrogen-bond acceptors (Lipinski definition) is 2. The van der Waals surface area contributed by atoms with Gasteiger partial charge >= 0.3 is 0 Å². The molecule has 0 fully saturated rings. The number of methoxy groups -OCH3 is 1. The number of nitrogens with zero attached hydrogens (tertiary/aromatic N) is 1. The van der Waals surface area contributed by atoms with Crippen LogP contribution in [0, 0.1) is 6.92 Å². The summed E-state index contributed by atoms with van der Waals surface area (Å²) >= 11 is 5.35. The molecule has 0 bridgehead atoms. The van der Waals surface area contributed by atoms with E-state index in [1.807, 2.05) is 11.9 Å².